The molecule has 2 atom stereocenters. The summed E-state index contributed by atoms with van der Waals surface area (Å²) in [6, 6.07) is 9.28. The Morgan fingerprint density at radius 2 is 1.93 bits per heavy atom. The number of nitrogens with zero attached hydrogens (tertiary/aromatic N) is 2. The van der Waals surface area contributed by atoms with Gasteiger partial charge in [-0.05, 0) is 44.2 Å². The van der Waals surface area contributed by atoms with Crippen LogP contribution in [0.15, 0.2) is 29.3 Å². The first kappa shape index (κ1) is 22.3. The van der Waals surface area contributed by atoms with Gasteiger partial charge in [0, 0.05) is 37.6 Å². The lowest BCUT2D eigenvalue weighted by Crippen LogP contribution is -2.50. The number of likely N-dealkylation sites (tertiary alicyclic amines) is 1. The molecule has 1 saturated carbocycles. The highest BCUT2D eigenvalue weighted by atomic mass is 127. The summed E-state index contributed by atoms with van der Waals surface area (Å²) < 4.78 is 25.0. The second kappa shape index (κ2) is 10.5. The van der Waals surface area contributed by atoms with E-state index in [1.807, 2.05) is 11.8 Å². The largest absolute Gasteiger partial charge is 0.354 e. The van der Waals surface area contributed by atoms with E-state index >= 15 is 0 Å². The van der Waals surface area contributed by atoms with E-state index in [1.54, 1.807) is 0 Å². The maximum Gasteiger partial charge on any atom is 0.251 e. The van der Waals surface area contributed by atoms with E-state index in [0.717, 1.165) is 44.9 Å². The minimum Gasteiger partial charge on any atom is -0.354 e. The van der Waals surface area contributed by atoms with Gasteiger partial charge in [0.05, 0.1) is 6.54 Å². The molecular formula is C20H31F2IN4. The van der Waals surface area contributed by atoms with E-state index < -0.39 is 6.43 Å². The van der Waals surface area contributed by atoms with Gasteiger partial charge in [0.25, 0.3) is 6.43 Å². The molecule has 2 N–H and O–H groups in total. The lowest BCUT2D eigenvalue weighted by Gasteiger charge is -2.32. The number of halogens is 3. The van der Waals surface area contributed by atoms with Crippen molar-refractivity contribution in [3.8, 4) is 0 Å². The average molecular weight is 492 g/mol. The summed E-state index contributed by atoms with van der Waals surface area (Å²) in [6.07, 6.45) is 0.639. The molecule has 152 valence electrons. The number of hydrogen-bond donors (Lipinski definition) is 2. The molecule has 1 saturated heterocycles. The maximum absolute atomic E-state index is 12.5. The Kier molecular flexibility index (Phi) is 8.72. The summed E-state index contributed by atoms with van der Waals surface area (Å²) in [5.41, 5.74) is 2.76. The van der Waals surface area contributed by atoms with Crippen LogP contribution in [0.25, 0.3) is 0 Å². The van der Waals surface area contributed by atoms with Crippen LogP contribution in [0.2, 0.25) is 0 Å². The molecule has 1 heterocycles. The molecule has 0 bridgehead atoms. The SMILES string of the molecule is CCN=C(NC1CCN(CC(F)F)CC1)NC1CC1c1ccccc1C.I. The van der Waals surface area contributed by atoms with Crippen molar-refractivity contribution in [1.82, 2.24) is 15.5 Å². The number of aryl methyl sites for hydroxylation is 1. The van der Waals surface area contributed by atoms with Crippen LogP contribution in [0.3, 0.4) is 0 Å². The molecule has 1 aromatic rings. The van der Waals surface area contributed by atoms with Gasteiger partial charge >= 0.3 is 0 Å². The number of hydrogen-bond acceptors (Lipinski definition) is 2. The van der Waals surface area contributed by atoms with E-state index in [4.69, 9.17) is 0 Å². The fourth-order valence-corrected chi connectivity index (χ4v) is 3.82. The minimum absolute atomic E-state index is 0. The predicted molar refractivity (Wildman–Crippen MR) is 117 cm³/mol. The molecule has 2 fully saturated rings. The first-order valence-corrected chi connectivity index (χ1v) is 9.70. The molecule has 0 radical (unpaired) electrons. The third-order valence-corrected chi connectivity index (χ3v) is 5.34. The van der Waals surface area contributed by atoms with Gasteiger partial charge in [-0.1, -0.05) is 24.3 Å². The molecule has 2 unspecified atom stereocenters. The molecule has 1 aromatic carbocycles. The van der Waals surface area contributed by atoms with Gasteiger partial charge in [-0.25, -0.2) is 8.78 Å². The number of rotatable bonds is 6. The number of benzene rings is 1. The number of guanidine groups is 1. The Labute approximate surface area is 178 Å². The Balaban J connectivity index is 0.00000261. The Bertz CT molecular complexity index is 618. The lowest BCUT2D eigenvalue weighted by atomic mass is 10.0. The molecule has 7 heteroatoms. The van der Waals surface area contributed by atoms with Crippen LogP contribution < -0.4 is 10.6 Å². The van der Waals surface area contributed by atoms with Crippen molar-refractivity contribution in [3.63, 3.8) is 0 Å². The normalized spacial score (nSPS) is 23.8. The van der Waals surface area contributed by atoms with Gasteiger partial charge in [0.1, 0.15) is 0 Å². The van der Waals surface area contributed by atoms with Crippen molar-refractivity contribution in [3.05, 3.63) is 35.4 Å². The highest BCUT2D eigenvalue weighted by Crippen LogP contribution is 2.42. The van der Waals surface area contributed by atoms with Crippen molar-refractivity contribution in [2.45, 2.75) is 57.5 Å². The van der Waals surface area contributed by atoms with Crippen LogP contribution >= 0.6 is 24.0 Å². The van der Waals surface area contributed by atoms with Crippen molar-refractivity contribution in [2.24, 2.45) is 4.99 Å². The second-order valence-electron chi connectivity index (χ2n) is 7.38. The van der Waals surface area contributed by atoms with E-state index in [9.17, 15) is 8.78 Å². The Hall–Kier alpha value is -0.960. The van der Waals surface area contributed by atoms with Gasteiger partial charge < -0.3 is 10.6 Å². The van der Waals surface area contributed by atoms with Crippen LogP contribution in [-0.4, -0.2) is 55.5 Å². The quantitative estimate of drug-likeness (QED) is 0.361. The second-order valence-corrected chi connectivity index (χ2v) is 7.38. The monoisotopic (exact) mass is 492 g/mol. The van der Waals surface area contributed by atoms with Crippen molar-refractivity contribution >= 4 is 29.9 Å². The fraction of sp³-hybridized carbons (Fsp3) is 0.650. The van der Waals surface area contributed by atoms with E-state index in [0.29, 0.717) is 18.0 Å². The van der Waals surface area contributed by atoms with Gasteiger partial charge in [-0.15, -0.1) is 24.0 Å². The topological polar surface area (TPSA) is 39.7 Å². The summed E-state index contributed by atoms with van der Waals surface area (Å²) in [5, 5.41) is 7.08. The van der Waals surface area contributed by atoms with E-state index in [1.165, 1.54) is 11.1 Å². The lowest BCUT2D eigenvalue weighted by molar-refractivity contribution is 0.0744. The van der Waals surface area contributed by atoms with Gasteiger partial charge in [0.2, 0.25) is 0 Å². The highest BCUT2D eigenvalue weighted by molar-refractivity contribution is 14.0. The fourth-order valence-electron chi connectivity index (χ4n) is 3.82. The van der Waals surface area contributed by atoms with Crippen LogP contribution in [0, 0.1) is 6.92 Å². The van der Waals surface area contributed by atoms with Crippen molar-refractivity contribution < 1.29 is 8.78 Å². The zero-order valence-corrected chi connectivity index (χ0v) is 18.5. The summed E-state index contributed by atoms with van der Waals surface area (Å²) in [4.78, 5) is 6.43. The molecule has 0 spiro atoms. The van der Waals surface area contributed by atoms with Crippen molar-refractivity contribution in [2.75, 3.05) is 26.2 Å². The number of nitrogens with one attached hydrogen (secondary N) is 2. The van der Waals surface area contributed by atoms with Crippen LogP contribution in [0.1, 0.15) is 43.2 Å². The number of piperidine rings is 1. The van der Waals surface area contributed by atoms with Crippen LogP contribution in [-0.2, 0) is 0 Å². The molecule has 27 heavy (non-hydrogen) atoms. The van der Waals surface area contributed by atoms with Gasteiger partial charge in [-0.3, -0.25) is 9.89 Å². The maximum atomic E-state index is 12.5. The molecule has 0 aromatic heterocycles. The zero-order valence-electron chi connectivity index (χ0n) is 16.1. The predicted octanol–water partition coefficient (Wildman–Crippen LogP) is 3.75. The summed E-state index contributed by atoms with van der Waals surface area (Å²) in [5.74, 6) is 1.41. The molecule has 4 nitrogen and oxygen atoms in total. The smallest absolute Gasteiger partial charge is 0.251 e. The number of aliphatic imine (C=N–C) groups is 1. The van der Waals surface area contributed by atoms with Crippen LogP contribution in [0.4, 0.5) is 8.78 Å². The van der Waals surface area contributed by atoms with Crippen LogP contribution in [0.5, 0.6) is 0 Å². The average Bonchev–Trinajstić information content (AvgIpc) is 3.35. The molecule has 1 aliphatic heterocycles. The van der Waals surface area contributed by atoms with Gasteiger partial charge in [0.15, 0.2) is 5.96 Å². The van der Waals surface area contributed by atoms with Crippen molar-refractivity contribution in [1.29, 1.82) is 0 Å². The Morgan fingerprint density at radius 1 is 1.22 bits per heavy atom. The third kappa shape index (κ3) is 6.55. The summed E-state index contributed by atoms with van der Waals surface area (Å²) in [6.45, 7) is 6.24. The zero-order chi connectivity index (χ0) is 18.5. The highest BCUT2D eigenvalue weighted by Gasteiger charge is 2.40. The molecule has 3 rings (SSSR count). The van der Waals surface area contributed by atoms with E-state index in [2.05, 4.69) is 46.8 Å². The summed E-state index contributed by atoms with van der Waals surface area (Å²) >= 11 is 0. The number of alkyl halides is 2. The van der Waals surface area contributed by atoms with Gasteiger partial charge in [-0.2, -0.15) is 0 Å². The first-order chi connectivity index (χ1) is 12.6. The summed E-state index contributed by atoms with van der Waals surface area (Å²) in [7, 11) is 0. The molecular weight excluding hydrogens is 461 g/mol. The molecule has 2 aliphatic rings. The third-order valence-electron chi connectivity index (χ3n) is 5.34. The standard InChI is InChI=1S/C20H30F2N4.HI/c1-3-23-20(24-15-8-10-26(11-9-15)13-19(21)22)25-18-12-17(18)16-7-5-4-6-14(16)2;/h4-7,15,17-19H,3,8-13H2,1-2H3,(H2,23,24,25);1H. The molecule has 0 amide bonds. The molecule has 1 aliphatic carbocycles. The minimum atomic E-state index is -2.24. The Morgan fingerprint density at radius 3 is 2.56 bits per heavy atom. The first-order valence-electron chi connectivity index (χ1n) is 9.70. The van der Waals surface area contributed by atoms with E-state index in [-0.39, 0.29) is 30.5 Å².